The highest BCUT2D eigenvalue weighted by Gasteiger charge is 2.36. The number of nitrogens with one attached hydrogen (secondary N) is 2. The summed E-state index contributed by atoms with van der Waals surface area (Å²) in [6.45, 7) is 13.7. The van der Waals surface area contributed by atoms with E-state index in [0.29, 0.717) is 13.0 Å². The van der Waals surface area contributed by atoms with E-state index in [1.807, 2.05) is 41.5 Å². The van der Waals surface area contributed by atoms with Gasteiger partial charge >= 0.3 is 0 Å². The third-order valence-corrected chi connectivity index (χ3v) is 5.52. The van der Waals surface area contributed by atoms with Crippen molar-refractivity contribution in [3.8, 4) is 0 Å². The van der Waals surface area contributed by atoms with E-state index in [-0.39, 0.29) is 42.4 Å². The first-order valence-electron chi connectivity index (χ1n) is 11.5. The maximum Gasteiger partial charge on any atom is 0.242 e. The Bertz CT molecular complexity index is 636. The molecule has 5 atom stereocenters. The van der Waals surface area contributed by atoms with Gasteiger partial charge in [0.2, 0.25) is 23.6 Å². The lowest BCUT2D eigenvalue weighted by molar-refractivity contribution is -0.134. The molecule has 0 aromatic heterocycles. The van der Waals surface area contributed by atoms with Crippen molar-refractivity contribution in [3.05, 3.63) is 0 Å². The summed E-state index contributed by atoms with van der Waals surface area (Å²) in [5.41, 5.74) is 10.8. The summed E-state index contributed by atoms with van der Waals surface area (Å²) >= 11 is 0. The average molecular weight is 457 g/mol. The van der Waals surface area contributed by atoms with Crippen molar-refractivity contribution in [2.24, 2.45) is 47.0 Å². The number of primary amides is 2. The second kappa shape index (κ2) is 14.1. The lowest BCUT2D eigenvalue weighted by atomic mass is 9.77. The van der Waals surface area contributed by atoms with Crippen molar-refractivity contribution in [2.75, 3.05) is 6.54 Å². The van der Waals surface area contributed by atoms with Crippen LogP contribution in [0.2, 0.25) is 0 Å². The molecule has 0 aliphatic rings. The Morgan fingerprint density at radius 3 is 1.81 bits per heavy atom. The predicted octanol–water partition coefficient (Wildman–Crippen LogP) is 0.926. The van der Waals surface area contributed by atoms with Crippen LogP contribution >= 0.6 is 0 Å². The molecule has 0 fully saturated rings. The molecule has 0 aromatic carbocycles. The first-order chi connectivity index (χ1) is 14.7. The van der Waals surface area contributed by atoms with Crippen LogP contribution in [0.15, 0.2) is 0 Å². The fourth-order valence-electron chi connectivity index (χ4n) is 3.70. The van der Waals surface area contributed by atoms with E-state index < -0.39 is 41.7 Å². The molecule has 0 heterocycles. The largest absolute Gasteiger partial charge is 0.393 e. The lowest BCUT2D eigenvalue weighted by Crippen LogP contribution is -2.52. The zero-order chi connectivity index (χ0) is 25.2. The number of aliphatic hydroxyl groups is 1. The Hall–Kier alpha value is -2.16. The van der Waals surface area contributed by atoms with E-state index in [1.165, 1.54) is 0 Å². The number of carbonyl (C=O) groups is 4. The number of rotatable bonds is 15. The van der Waals surface area contributed by atoms with E-state index in [2.05, 4.69) is 10.6 Å². The van der Waals surface area contributed by atoms with E-state index in [0.717, 1.165) is 0 Å². The normalized spacial score (nSPS) is 16.3. The highest BCUT2D eigenvalue weighted by Crippen LogP contribution is 2.30. The summed E-state index contributed by atoms with van der Waals surface area (Å²) in [4.78, 5) is 48.7. The summed E-state index contributed by atoms with van der Waals surface area (Å²) in [7, 11) is 0. The van der Waals surface area contributed by atoms with Gasteiger partial charge < -0.3 is 27.2 Å². The van der Waals surface area contributed by atoms with Gasteiger partial charge in [-0.1, -0.05) is 48.5 Å². The van der Waals surface area contributed by atoms with Gasteiger partial charge in [-0.15, -0.1) is 0 Å². The summed E-state index contributed by atoms with van der Waals surface area (Å²) in [6.07, 6.45) is -0.787. The monoisotopic (exact) mass is 456 g/mol. The lowest BCUT2D eigenvalue weighted by Gasteiger charge is -2.31. The minimum Gasteiger partial charge on any atom is -0.393 e. The van der Waals surface area contributed by atoms with E-state index in [1.54, 1.807) is 6.92 Å². The molecule has 0 saturated heterocycles. The molecule has 0 spiro atoms. The van der Waals surface area contributed by atoms with Crippen LogP contribution in [-0.2, 0) is 19.2 Å². The zero-order valence-electron chi connectivity index (χ0n) is 20.7. The maximum absolute atomic E-state index is 12.8. The van der Waals surface area contributed by atoms with Crippen molar-refractivity contribution < 1.29 is 24.3 Å². The molecule has 9 nitrogen and oxygen atoms in total. The second-order valence-corrected chi connectivity index (χ2v) is 10.0. The molecule has 0 bridgehead atoms. The molecule has 4 amide bonds. The molecule has 7 N–H and O–H groups in total. The Morgan fingerprint density at radius 1 is 0.844 bits per heavy atom. The van der Waals surface area contributed by atoms with E-state index >= 15 is 0 Å². The van der Waals surface area contributed by atoms with Crippen LogP contribution in [0.1, 0.15) is 67.7 Å². The molecular weight excluding hydrogens is 412 g/mol. The van der Waals surface area contributed by atoms with Crippen LogP contribution in [0.3, 0.4) is 0 Å². The van der Waals surface area contributed by atoms with Gasteiger partial charge in [0, 0.05) is 18.9 Å². The highest BCUT2D eigenvalue weighted by molar-refractivity contribution is 5.88. The number of hydrogen-bond donors (Lipinski definition) is 5. The molecule has 0 aliphatic carbocycles. The maximum atomic E-state index is 12.8. The standard InChI is InChI=1S/C23H44N4O5/c1-12(2)8-16(17(21(25)30)10-19(24)29)18(28)9-15(7)22(31)27-20(14(5)6)23(32)26-11-13(3)4/h12-18,20,28H,8-11H2,1-7H3,(H2,24,29)(H2,25,30)(H,26,32)(H,27,31). The second-order valence-electron chi connectivity index (χ2n) is 10.0. The zero-order valence-corrected chi connectivity index (χ0v) is 20.7. The van der Waals surface area contributed by atoms with Crippen LogP contribution in [0.5, 0.6) is 0 Å². The van der Waals surface area contributed by atoms with Crippen LogP contribution in [0.4, 0.5) is 0 Å². The Kier molecular flexibility index (Phi) is 13.1. The Labute approximate surface area is 192 Å². The topological polar surface area (TPSA) is 165 Å². The van der Waals surface area contributed by atoms with E-state index in [4.69, 9.17) is 11.5 Å². The number of nitrogens with two attached hydrogens (primary N) is 2. The van der Waals surface area contributed by atoms with Crippen LogP contribution in [0, 0.1) is 35.5 Å². The van der Waals surface area contributed by atoms with Crippen molar-refractivity contribution in [2.45, 2.75) is 79.9 Å². The minimum atomic E-state index is -1.04. The van der Waals surface area contributed by atoms with Gasteiger partial charge in [0.15, 0.2) is 0 Å². The van der Waals surface area contributed by atoms with Gasteiger partial charge in [0.05, 0.1) is 12.0 Å². The van der Waals surface area contributed by atoms with Gasteiger partial charge in [0.1, 0.15) is 6.04 Å². The molecule has 186 valence electrons. The van der Waals surface area contributed by atoms with Gasteiger partial charge in [-0.2, -0.15) is 0 Å². The number of amides is 4. The summed E-state index contributed by atoms with van der Waals surface area (Å²) in [5, 5.41) is 16.5. The quantitative estimate of drug-likeness (QED) is 0.247. The van der Waals surface area contributed by atoms with Crippen LogP contribution < -0.4 is 22.1 Å². The van der Waals surface area contributed by atoms with Gasteiger partial charge in [0.25, 0.3) is 0 Å². The molecule has 0 saturated carbocycles. The first kappa shape index (κ1) is 29.8. The molecule has 0 aliphatic heterocycles. The van der Waals surface area contributed by atoms with Crippen molar-refractivity contribution in [1.82, 2.24) is 10.6 Å². The third-order valence-electron chi connectivity index (χ3n) is 5.52. The first-order valence-corrected chi connectivity index (χ1v) is 11.5. The highest BCUT2D eigenvalue weighted by atomic mass is 16.3. The van der Waals surface area contributed by atoms with Crippen LogP contribution in [-0.4, -0.2) is 47.4 Å². The number of carbonyl (C=O) groups excluding carboxylic acids is 4. The minimum absolute atomic E-state index is 0.0597. The number of aliphatic hydroxyl groups excluding tert-OH is 1. The Morgan fingerprint density at radius 2 is 1.41 bits per heavy atom. The molecular formula is C23H44N4O5. The summed E-state index contributed by atoms with van der Waals surface area (Å²) < 4.78 is 0. The third kappa shape index (κ3) is 10.9. The molecule has 0 rings (SSSR count). The molecule has 5 unspecified atom stereocenters. The molecule has 9 heteroatoms. The van der Waals surface area contributed by atoms with Crippen molar-refractivity contribution >= 4 is 23.6 Å². The fraction of sp³-hybridized carbons (Fsp3) is 0.826. The molecule has 0 aromatic rings. The fourth-order valence-corrected chi connectivity index (χ4v) is 3.70. The van der Waals surface area contributed by atoms with Crippen LogP contribution in [0.25, 0.3) is 0 Å². The van der Waals surface area contributed by atoms with Gasteiger partial charge in [-0.05, 0) is 36.5 Å². The van der Waals surface area contributed by atoms with Crippen molar-refractivity contribution in [3.63, 3.8) is 0 Å². The van der Waals surface area contributed by atoms with E-state index in [9.17, 15) is 24.3 Å². The molecule has 0 radical (unpaired) electrons. The molecule has 32 heavy (non-hydrogen) atoms. The summed E-state index contributed by atoms with van der Waals surface area (Å²) in [6, 6.07) is -0.694. The predicted molar refractivity (Wildman–Crippen MR) is 124 cm³/mol. The Balaban J connectivity index is 5.33. The van der Waals surface area contributed by atoms with Gasteiger partial charge in [-0.3, -0.25) is 19.2 Å². The average Bonchev–Trinajstić information content (AvgIpc) is 2.65. The smallest absolute Gasteiger partial charge is 0.242 e. The van der Waals surface area contributed by atoms with Crippen molar-refractivity contribution in [1.29, 1.82) is 0 Å². The SMILES string of the molecule is CC(C)CNC(=O)C(NC(=O)C(C)CC(O)C(CC(C)C)C(CC(N)=O)C(N)=O)C(C)C. The number of hydrogen-bond acceptors (Lipinski definition) is 5. The summed E-state index contributed by atoms with van der Waals surface area (Å²) in [5.74, 6) is -3.83. The van der Waals surface area contributed by atoms with Gasteiger partial charge in [-0.25, -0.2) is 0 Å².